The Labute approximate surface area is 76.3 Å². The van der Waals surface area contributed by atoms with Crippen LogP contribution in [0.2, 0.25) is 0 Å². The molecule has 0 unspecified atom stereocenters. The summed E-state index contributed by atoms with van der Waals surface area (Å²) in [5.41, 5.74) is 0.214. The number of rotatable bonds is 5. The molecule has 0 aliphatic rings. The highest BCUT2D eigenvalue weighted by atomic mass is 16.5. The molecule has 13 heavy (non-hydrogen) atoms. The Kier molecular flexibility index (Phi) is 5.29. The lowest BCUT2D eigenvalue weighted by atomic mass is 10.2. The third-order valence-electron chi connectivity index (χ3n) is 1.36. The first-order valence-corrected chi connectivity index (χ1v) is 3.78. The van der Waals surface area contributed by atoms with Gasteiger partial charge in [-0.2, -0.15) is 0 Å². The van der Waals surface area contributed by atoms with Gasteiger partial charge in [0.25, 0.3) is 0 Å². The van der Waals surface area contributed by atoms with Crippen LogP contribution in [0.3, 0.4) is 0 Å². The van der Waals surface area contributed by atoms with Gasteiger partial charge in [-0.15, -0.1) is 0 Å². The molecule has 0 spiro atoms. The van der Waals surface area contributed by atoms with Gasteiger partial charge < -0.3 is 20.1 Å². The van der Waals surface area contributed by atoms with Crippen molar-refractivity contribution < 1.29 is 24.9 Å². The SMILES string of the molecule is C=C(C)C(=O)OC[C@@H](O)[C@H](O)CO. The van der Waals surface area contributed by atoms with E-state index in [1.807, 2.05) is 0 Å². The second kappa shape index (κ2) is 5.69. The first kappa shape index (κ1) is 12.1. The van der Waals surface area contributed by atoms with Crippen LogP contribution in [0.15, 0.2) is 12.2 Å². The van der Waals surface area contributed by atoms with Gasteiger partial charge >= 0.3 is 5.97 Å². The highest BCUT2D eigenvalue weighted by Gasteiger charge is 2.17. The normalized spacial score (nSPS) is 14.8. The molecular weight excluding hydrogens is 176 g/mol. The zero-order valence-corrected chi connectivity index (χ0v) is 7.43. The number of hydrogen-bond acceptors (Lipinski definition) is 5. The first-order valence-electron chi connectivity index (χ1n) is 3.78. The van der Waals surface area contributed by atoms with E-state index >= 15 is 0 Å². The number of aliphatic hydroxyl groups is 3. The second-order valence-corrected chi connectivity index (χ2v) is 2.70. The fourth-order valence-corrected chi connectivity index (χ4v) is 0.517. The molecule has 0 saturated carbocycles. The molecule has 0 amide bonds. The Hall–Kier alpha value is -0.910. The second-order valence-electron chi connectivity index (χ2n) is 2.70. The first-order chi connectivity index (χ1) is 5.99. The van der Waals surface area contributed by atoms with Crippen molar-refractivity contribution in [2.75, 3.05) is 13.2 Å². The van der Waals surface area contributed by atoms with Crippen LogP contribution >= 0.6 is 0 Å². The van der Waals surface area contributed by atoms with E-state index in [4.69, 9.17) is 15.3 Å². The van der Waals surface area contributed by atoms with Crippen LogP contribution < -0.4 is 0 Å². The van der Waals surface area contributed by atoms with E-state index in [0.29, 0.717) is 0 Å². The minimum absolute atomic E-state index is 0.214. The fourth-order valence-electron chi connectivity index (χ4n) is 0.517. The molecule has 0 aromatic carbocycles. The molecule has 0 aliphatic heterocycles. The van der Waals surface area contributed by atoms with Gasteiger partial charge in [0.05, 0.1) is 6.61 Å². The number of carbonyl (C=O) groups is 1. The molecule has 2 atom stereocenters. The van der Waals surface area contributed by atoms with Crippen LogP contribution in [0.4, 0.5) is 0 Å². The van der Waals surface area contributed by atoms with Gasteiger partial charge in [-0.3, -0.25) is 0 Å². The molecule has 5 nitrogen and oxygen atoms in total. The molecule has 0 saturated heterocycles. The molecule has 0 fully saturated rings. The Morgan fingerprint density at radius 2 is 2.00 bits per heavy atom. The molecule has 3 N–H and O–H groups in total. The minimum atomic E-state index is -1.29. The Morgan fingerprint density at radius 1 is 1.46 bits per heavy atom. The maximum absolute atomic E-state index is 10.8. The highest BCUT2D eigenvalue weighted by Crippen LogP contribution is 1.97. The van der Waals surface area contributed by atoms with Gasteiger partial charge in [0.15, 0.2) is 0 Å². The predicted octanol–water partition coefficient (Wildman–Crippen LogP) is -1.18. The van der Waals surface area contributed by atoms with E-state index < -0.39 is 24.8 Å². The van der Waals surface area contributed by atoms with Crippen molar-refractivity contribution in [2.24, 2.45) is 0 Å². The van der Waals surface area contributed by atoms with E-state index in [1.54, 1.807) is 0 Å². The molecule has 5 heteroatoms. The summed E-state index contributed by atoms with van der Waals surface area (Å²) in [6, 6.07) is 0. The molecule has 0 radical (unpaired) electrons. The van der Waals surface area contributed by atoms with Crippen LogP contribution in [-0.2, 0) is 9.53 Å². The molecule has 0 aromatic rings. The molecule has 0 bridgehead atoms. The van der Waals surface area contributed by atoms with Gasteiger partial charge in [-0.25, -0.2) is 4.79 Å². The predicted molar refractivity (Wildman–Crippen MR) is 44.9 cm³/mol. The van der Waals surface area contributed by atoms with Crippen molar-refractivity contribution >= 4 is 5.97 Å². The lowest BCUT2D eigenvalue weighted by Crippen LogP contribution is -2.34. The van der Waals surface area contributed by atoms with Gasteiger partial charge in [0.1, 0.15) is 18.8 Å². The van der Waals surface area contributed by atoms with Crippen LogP contribution in [0.25, 0.3) is 0 Å². The largest absolute Gasteiger partial charge is 0.459 e. The van der Waals surface area contributed by atoms with Crippen molar-refractivity contribution in [3.05, 3.63) is 12.2 Å². The van der Waals surface area contributed by atoms with Gasteiger partial charge in [0.2, 0.25) is 0 Å². The van der Waals surface area contributed by atoms with Gasteiger partial charge in [-0.05, 0) is 6.92 Å². The lowest BCUT2D eigenvalue weighted by molar-refractivity contribution is -0.145. The zero-order valence-electron chi connectivity index (χ0n) is 7.43. The van der Waals surface area contributed by atoms with Crippen LogP contribution in [0.1, 0.15) is 6.92 Å². The summed E-state index contributed by atoms with van der Waals surface area (Å²) in [5, 5.41) is 26.3. The van der Waals surface area contributed by atoms with E-state index in [2.05, 4.69) is 11.3 Å². The van der Waals surface area contributed by atoms with Crippen molar-refractivity contribution in [1.29, 1.82) is 0 Å². The van der Waals surface area contributed by atoms with Crippen molar-refractivity contribution in [3.63, 3.8) is 0 Å². The lowest BCUT2D eigenvalue weighted by Gasteiger charge is -2.15. The van der Waals surface area contributed by atoms with Crippen molar-refractivity contribution in [3.8, 4) is 0 Å². The average Bonchev–Trinajstić information content (AvgIpc) is 2.11. The maximum atomic E-state index is 10.8. The molecule has 0 aliphatic carbocycles. The van der Waals surface area contributed by atoms with E-state index in [1.165, 1.54) is 6.92 Å². The van der Waals surface area contributed by atoms with Crippen molar-refractivity contribution in [1.82, 2.24) is 0 Å². The summed E-state index contributed by atoms with van der Waals surface area (Å²) in [7, 11) is 0. The number of carbonyl (C=O) groups excluding carboxylic acids is 1. The third-order valence-corrected chi connectivity index (χ3v) is 1.36. The molecule has 76 valence electrons. The number of hydrogen-bond donors (Lipinski definition) is 3. The smallest absolute Gasteiger partial charge is 0.333 e. The Morgan fingerprint density at radius 3 is 2.38 bits per heavy atom. The summed E-state index contributed by atoms with van der Waals surface area (Å²) < 4.78 is 4.53. The monoisotopic (exact) mass is 190 g/mol. The van der Waals surface area contributed by atoms with Crippen LogP contribution in [0, 0.1) is 0 Å². The summed E-state index contributed by atoms with van der Waals surface area (Å²) in [6.07, 6.45) is -2.56. The van der Waals surface area contributed by atoms with Gasteiger partial charge in [-0.1, -0.05) is 6.58 Å². The highest BCUT2D eigenvalue weighted by molar-refractivity contribution is 5.86. The number of esters is 1. The Bertz CT molecular complexity index is 189. The fraction of sp³-hybridized carbons (Fsp3) is 0.625. The average molecular weight is 190 g/mol. The van der Waals surface area contributed by atoms with E-state index in [0.717, 1.165) is 0 Å². The summed E-state index contributed by atoms with van der Waals surface area (Å²) in [6.45, 7) is 3.87. The molecular formula is C8H14O5. The third kappa shape index (κ3) is 4.62. The summed E-state index contributed by atoms with van der Waals surface area (Å²) in [4.78, 5) is 10.8. The quantitative estimate of drug-likeness (QED) is 0.375. The van der Waals surface area contributed by atoms with Crippen molar-refractivity contribution in [2.45, 2.75) is 19.1 Å². The zero-order chi connectivity index (χ0) is 10.4. The van der Waals surface area contributed by atoms with Crippen LogP contribution in [-0.4, -0.2) is 46.7 Å². The number of ether oxygens (including phenoxy) is 1. The van der Waals surface area contributed by atoms with Crippen LogP contribution in [0.5, 0.6) is 0 Å². The Balaban J connectivity index is 3.76. The summed E-state index contributed by atoms with van der Waals surface area (Å²) in [5.74, 6) is -0.635. The minimum Gasteiger partial charge on any atom is -0.459 e. The number of aliphatic hydroxyl groups excluding tert-OH is 3. The maximum Gasteiger partial charge on any atom is 0.333 e. The van der Waals surface area contributed by atoms with E-state index in [-0.39, 0.29) is 12.2 Å². The molecule has 0 heterocycles. The topological polar surface area (TPSA) is 87.0 Å². The molecule has 0 aromatic heterocycles. The van der Waals surface area contributed by atoms with Gasteiger partial charge in [0, 0.05) is 5.57 Å². The van der Waals surface area contributed by atoms with E-state index in [9.17, 15) is 4.79 Å². The standard InChI is InChI=1S/C8H14O5/c1-5(2)8(12)13-4-7(11)6(10)3-9/h6-7,9-11H,1,3-4H2,2H3/t6-,7-/m1/s1. The molecule has 0 rings (SSSR count). The summed E-state index contributed by atoms with van der Waals surface area (Å²) >= 11 is 0.